The molecule has 0 spiro atoms. The molecule has 0 radical (unpaired) electrons. The largest absolute Gasteiger partial charge is 0.354 e. The van der Waals surface area contributed by atoms with E-state index in [4.69, 9.17) is 34.8 Å². The van der Waals surface area contributed by atoms with Gasteiger partial charge in [-0.3, -0.25) is 13.9 Å². The van der Waals surface area contributed by atoms with Gasteiger partial charge < -0.3 is 10.2 Å². The molecule has 0 saturated carbocycles. The summed E-state index contributed by atoms with van der Waals surface area (Å²) in [5.74, 6) is -0.557. The van der Waals surface area contributed by atoms with Gasteiger partial charge in [-0.1, -0.05) is 60.8 Å². The zero-order valence-electron chi connectivity index (χ0n) is 21.6. The molecule has 37 heavy (non-hydrogen) atoms. The summed E-state index contributed by atoms with van der Waals surface area (Å²) in [5, 5.41) is 4.07. The number of hydrogen-bond donors (Lipinski definition) is 1. The first kappa shape index (κ1) is 31.2. The average molecular weight is 591 g/mol. The number of hydrogen-bond acceptors (Lipinski definition) is 4. The molecule has 2 amide bonds. The fourth-order valence-corrected chi connectivity index (χ4v) is 5.67. The number of carbonyl (C=O) groups is 2. The van der Waals surface area contributed by atoms with E-state index >= 15 is 0 Å². The summed E-state index contributed by atoms with van der Waals surface area (Å²) in [7, 11) is -3.63. The molecule has 0 fully saturated rings. The lowest BCUT2D eigenvalue weighted by Gasteiger charge is -2.31. The van der Waals surface area contributed by atoms with Crippen LogP contribution in [-0.2, 0) is 26.2 Å². The predicted octanol–water partition coefficient (Wildman–Crippen LogP) is 5.84. The van der Waals surface area contributed by atoms with Crippen LogP contribution in [0.5, 0.6) is 0 Å². The van der Waals surface area contributed by atoms with Gasteiger partial charge in [-0.2, -0.15) is 0 Å². The summed E-state index contributed by atoms with van der Waals surface area (Å²) >= 11 is 18.9. The molecule has 0 aromatic heterocycles. The van der Waals surface area contributed by atoms with E-state index in [1.165, 1.54) is 9.21 Å². The van der Waals surface area contributed by atoms with E-state index in [9.17, 15) is 18.0 Å². The first-order valence-electron chi connectivity index (χ1n) is 12.1. The number of nitrogens with one attached hydrogen (secondary N) is 1. The van der Waals surface area contributed by atoms with Gasteiger partial charge in [0.2, 0.25) is 21.8 Å². The highest BCUT2D eigenvalue weighted by atomic mass is 35.5. The zero-order valence-corrected chi connectivity index (χ0v) is 24.6. The molecule has 0 unspecified atom stereocenters. The standard InChI is InChI=1S/C26H34Cl3N3O4S/c1-5-14-30-26(34)23(6-2)31(17-20-21(28)9-7-10-22(20)29)25(33)11-8-15-32(37(4,35)36)24-16-19(27)13-12-18(24)3/h7,9-10,12-13,16,23H,5-6,8,11,14-15,17H2,1-4H3,(H,30,34)/t23-/m0/s1. The fraction of sp³-hybridized carbons (Fsp3) is 0.462. The SMILES string of the molecule is CCCNC(=O)[C@H](CC)N(Cc1c(Cl)cccc1Cl)C(=O)CCCN(c1cc(Cl)ccc1C)S(C)(=O)=O. The van der Waals surface area contributed by atoms with Gasteiger partial charge in [-0.25, -0.2) is 8.42 Å². The van der Waals surface area contributed by atoms with Crippen molar-refractivity contribution >= 4 is 62.3 Å². The third-order valence-electron chi connectivity index (χ3n) is 5.92. The van der Waals surface area contributed by atoms with Crippen LogP contribution >= 0.6 is 34.8 Å². The van der Waals surface area contributed by atoms with Gasteiger partial charge in [0.05, 0.1) is 11.9 Å². The fourth-order valence-electron chi connectivity index (χ4n) is 3.97. The van der Waals surface area contributed by atoms with Crippen molar-refractivity contribution in [1.82, 2.24) is 10.2 Å². The molecule has 1 atom stereocenters. The van der Waals surface area contributed by atoms with Gasteiger partial charge in [0.25, 0.3) is 0 Å². The van der Waals surface area contributed by atoms with Crippen molar-refractivity contribution in [2.45, 2.75) is 59.0 Å². The zero-order chi connectivity index (χ0) is 27.8. The Hall–Kier alpha value is -2.00. The maximum Gasteiger partial charge on any atom is 0.242 e. The highest BCUT2D eigenvalue weighted by Crippen LogP contribution is 2.29. The van der Waals surface area contributed by atoms with Gasteiger partial charge in [-0.05, 0) is 56.0 Å². The van der Waals surface area contributed by atoms with Crippen LogP contribution in [0.3, 0.4) is 0 Å². The number of sulfonamides is 1. The van der Waals surface area contributed by atoms with Crippen molar-refractivity contribution in [3.63, 3.8) is 0 Å². The number of nitrogens with zero attached hydrogens (tertiary/aromatic N) is 2. The molecule has 2 aromatic carbocycles. The molecule has 2 aromatic rings. The lowest BCUT2D eigenvalue weighted by molar-refractivity contribution is -0.141. The summed E-state index contributed by atoms with van der Waals surface area (Å²) in [6, 6.07) is 9.38. The van der Waals surface area contributed by atoms with Crippen LogP contribution in [0.15, 0.2) is 36.4 Å². The second-order valence-corrected chi connectivity index (χ2v) is 12.0. The van der Waals surface area contributed by atoms with E-state index < -0.39 is 16.1 Å². The van der Waals surface area contributed by atoms with Crippen LogP contribution < -0.4 is 9.62 Å². The Kier molecular flexibility index (Phi) is 12.0. The van der Waals surface area contributed by atoms with E-state index in [0.29, 0.717) is 39.3 Å². The Morgan fingerprint density at radius 1 is 1.05 bits per heavy atom. The maximum atomic E-state index is 13.5. The molecule has 7 nitrogen and oxygen atoms in total. The van der Waals surface area contributed by atoms with Crippen molar-refractivity contribution < 1.29 is 18.0 Å². The van der Waals surface area contributed by atoms with Crippen molar-refractivity contribution in [1.29, 1.82) is 0 Å². The predicted molar refractivity (Wildman–Crippen MR) is 152 cm³/mol. The average Bonchev–Trinajstić information content (AvgIpc) is 2.83. The van der Waals surface area contributed by atoms with Crippen LogP contribution in [0.4, 0.5) is 5.69 Å². The van der Waals surface area contributed by atoms with E-state index in [-0.39, 0.29) is 37.7 Å². The van der Waals surface area contributed by atoms with E-state index in [1.807, 2.05) is 13.8 Å². The molecule has 2 rings (SSSR count). The van der Waals surface area contributed by atoms with Crippen molar-refractivity contribution in [2.24, 2.45) is 0 Å². The quantitative estimate of drug-likeness (QED) is 0.318. The first-order chi connectivity index (χ1) is 17.4. The summed E-state index contributed by atoms with van der Waals surface area (Å²) in [5.41, 5.74) is 1.76. The van der Waals surface area contributed by atoms with E-state index in [2.05, 4.69) is 5.32 Å². The molecule has 0 heterocycles. The highest BCUT2D eigenvalue weighted by molar-refractivity contribution is 7.92. The molecule has 0 aliphatic carbocycles. The molecule has 204 valence electrons. The molecule has 0 saturated heterocycles. The topological polar surface area (TPSA) is 86.8 Å². The summed E-state index contributed by atoms with van der Waals surface area (Å²) < 4.78 is 26.4. The summed E-state index contributed by atoms with van der Waals surface area (Å²) in [6.07, 6.45) is 2.52. The Labute approximate surface area is 235 Å². The summed E-state index contributed by atoms with van der Waals surface area (Å²) in [6.45, 7) is 6.20. The molecule has 0 aliphatic heterocycles. The molecular formula is C26H34Cl3N3O4S. The van der Waals surface area contributed by atoms with Gasteiger partial charge >= 0.3 is 0 Å². The molecular weight excluding hydrogens is 557 g/mol. The van der Waals surface area contributed by atoms with Crippen LogP contribution in [0, 0.1) is 6.92 Å². The second kappa shape index (κ2) is 14.2. The van der Waals surface area contributed by atoms with Crippen LogP contribution in [0.25, 0.3) is 0 Å². The monoisotopic (exact) mass is 589 g/mol. The van der Waals surface area contributed by atoms with Crippen LogP contribution in [-0.4, -0.2) is 50.5 Å². The van der Waals surface area contributed by atoms with Crippen molar-refractivity contribution in [3.05, 3.63) is 62.6 Å². The van der Waals surface area contributed by atoms with Crippen molar-refractivity contribution in [2.75, 3.05) is 23.7 Å². The third kappa shape index (κ3) is 8.77. The Morgan fingerprint density at radius 2 is 1.70 bits per heavy atom. The van der Waals surface area contributed by atoms with Gasteiger partial charge in [-0.15, -0.1) is 0 Å². The minimum atomic E-state index is -3.63. The number of anilines is 1. The molecule has 1 N–H and O–H groups in total. The number of amides is 2. The lowest BCUT2D eigenvalue weighted by Crippen LogP contribution is -2.49. The number of benzene rings is 2. The smallest absolute Gasteiger partial charge is 0.242 e. The number of carbonyl (C=O) groups excluding carboxylic acids is 2. The minimum Gasteiger partial charge on any atom is -0.354 e. The maximum absolute atomic E-state index is 13.5. The van der Waals surface area contributed by atoms with Crippen molar-refractivity contribution in [3.8, 4) is 0 Å². The Morgan fingerprint density at radius 3 is 2.27 bits per heavy atom. The normalized spacial score (nSPS) is 12.2. The van der Waals surface area contributed by atoms with Gasteiger partial charge in [0, 0.05) is 46.7 Å². The molecule has 11 heteroatoms. The van der Waals surface area contributed by atoms with Crippen LogP contribution in [0.1, 0.15) is 50.7 Å². The van der Waals surface area contributed by atoms with Gasteiger partial charge in [0.15, 0.2) is 0 Å². The third-order valence-corrected chi connectivity index (χ3v) is 8.04. The number of rotatable bonds is 13. The van der Waals surface area contributed by atoms with E-state index in [1.54, 1.807) is 43.3 Å². The Balaban J connectivity index is 2.29. The summed E-state index contributed by atoms with van der Waals surface area (Å²) in [4.78, 5) is 27.9. The first-order valence-corrected chi connectivity index (χ1v) is 15.1. The second-order valence-electron chi connectivity index (χ2n) is 8.81. The van der Waals surface area contributed by atoms with E-state index in [0.717, 1.165) is 18.2 Å². The Bertz CT molecular complexity index is 1190. The molecule has 0 bridgehead atoms. The number of halogens is 3. The van der Waals surface area contributed by atoms with Crippen LogP contribution in [0.2, 0.25) is 15.1 Å². The highest BCUT2D eigenvalue weighted by Gasteiger charge is 2.30. The lowest BCUT2D eigenvalue weighted by atomic mass is 10.1. The number of aryl methyl sites for hydroxylation is 1. The molecule has 0 aliphatic rings. The van der Waals surface area contributed by atoms with Gasteiger partial charge in [0.1, 0.15) is 6.04 Å². The minimum absolute atomic E-state index is 0.0191.